The number of alkyl halides is 3. The topological polar surface area (TPSA) is 79.9 Å². The van der Waals surface area contributed by atoms with Gasteiger partial charge in [-0.15, -0.1) is 0 Å². The average molecular weight is 430 g/mol. The number of carbonyl (C=O) groups is 1. The van der Waals surface area contributed by atoms with Gasteiger partial charge in [0.25, 0.3) is 5.91 Å². The summed E-state index contributed by atoms with van der Waals surface area (Å²) in [6.07, 6.45) is 0.832. The first kappa shape index (κ1) is 20.9. The van der Waals surface area contributed by atoms with Crippen LogP contribution < -0.4 is 10.1 Å². The molecular weight excluding hydrogens is 409 g/mol. The summed E-state index contributed by atoms with van der Waals surface area (Å²) in [6.45, 7) is 0.299. The van der Waals surface area contributed by atoms with E-state index in [4.69, 9.17) is 4.74 Å². The van der Waals surface area contributed by atoms with E-state index < -0.39 is 12.1 Å². The zero-order chi connectivity index (χ0) is 22.0. The summed E-state index contributed by atoms with van der Waals surface area (Å²) < 4.78 is 44.4. The molecule has 0 saturated heterocycles. The monoisotopic (exact) mass is 430 g/mol. The number of aromatic amines is 1. The van der Waals surface area contributed by atoms with Crippen LogP contribution >= 0.6 is 0 Å². The summed E-state index contributed by atoms with van der Waals surface area (Å²) >= 11 is 0. The van der Waals surface area contributed by atoms with Crippen LogP contribution in [0.5, 0.6) is 5.75 Å². The number of benzene rings is 1. The van der Waals surface area contributed by atoms with Gasteiger partial charge in [0.1, 0.15) is 5.75 Å². The Morgan fingerprint density at radius 3 is 2.81 bits per heavy atom. The van der Waals surface area contributed by atoms with E-state index in [1.54, 1.807) is 36.5 Å². The van der Waals surface area contributed by atoms with Gasteiger partial charge in [0.15, 0.2) is 0 Å². The quantitative estimate of drug-likeness (QED) is 0.618. The Kier molecular flexibility index (Phi) is 5.67. The molecule has 1 aliphatic carbocycles. The second-order valence-electron chi connectivity index (χ2n) is 7.48. The number of hydrogen-bond donors (Lipinski definition) is 2. The van der Waals surface area contributed by atoms with E-state index in [2.05, 4.69) is 20.5 Å². The molecule has 1 unspecified atom stereocenters. The molecule has 1 atom stereocenters. The van der Waals surface area contributed by atoms with Crippen LogP contribution in [0.2, 0.25) is 0 Å². The van der Waals surface area contributed by atoms with E-state index in [9.17, 15) is 18.0 Å². The molecule has 0 spiro atoms. The van der Waals surface area contributed by atoms with Crippen LogP contribution in [-0.2, 0) is 6.54 Å². The number of methoxy groups -OCH3 is 1. The van der Waals surface area contributed by atoms with Crippen molar-refractivity contribution < 1.29 is 22.7 Å². The third-order valence-electron chi connectivity index (χ3n) is 5.47. The normalized spacial score (nSPS) is 16.8. The molecule has 0 aliphatic heterocycles. The molecule has 2 N–H and O–H groups in total. The minimum absolute atomic E-state index is 0.0438. The zero-order valence-electron chi connectivity index (χ0n) is 16.8. The Hall–Kier alpha value is -3.36. The summed E-state index contributed by atoms with van der Waals surface area (Å²) in [5, 5.41) is 10.1. The number of pyridine rings is 1. The number of amides is 1. The second-order valence-corrected chi connectivity index (χ2v) is 7.48. The number of nitrogens with one attached hydrogen (secondary N) is 2. The molecule has 2 aromatic heterocycles. The molecule has 1 aliphatic rings. The first-order valence-electron chi connectivity index (χ1n) is 9.85. The van der Waals surface area contributed by atoms with Crippen molar-refractivity contribution in [2.45, 2.75) is 32.0 Å². The molecule has 9 heteroatoms. The number of H-pyrrole nitrogens is 1. The van der Waals surface area contributed by atoms with Crippen molar-refractivity contribution in [3.63, 3.8) is 0 Å². The molecule has 2 heterocycles. The third-order valence-corrected chi connectivity index (χ3v) is 5.47. The van der Waals surface area contributed by atoms with Crippen molar-refractivity contribution >= 4 is 22.4 Å². The van der Waals surface area contributed by atoms with Gasteiger partial charge in [0.05, 0.1) is 36.3 Å². The maximum absolute atomic E-state index is 13.0. The Bertz CT molecular complexity index is 1120. The predicted molar refractivity (Wildman–Crippen MR) is 109 cm³/mol. The highest BCUT2D eigenvalue weighted by atomic mass is 19.4. The van der Waals surface area contributed by atoms with Crippen molar-refractivity contribution in [2.75, 3.05) is 7.11 Å². The van der Waals surface area contributed by atoms with Gasteiger partial charge in [0, 0.05) is 23.3 Å². The van der Waals surface area contributed by atoms with Crippen molar-refractivity contribution in [3.8, 4) is 5.75 Å². The van der Waals surface area contributed by atoms with E-state index in [1.807, 2.05) is 0 Å². The van der Waals surface area contributed by atoms with Crippen LogP contribution in [0, 0.1) is 5.92 Å². The Balaban J connectivity index is 1.63. The highest BCUT2D eigenvalue weighted by Gasteiger charge is 2.39. The summed E-state index contributed by atoms with van der Waals surface area (Å²) in [4.78, 5) is 17.0. The lowest BCUT2D eigenvalue weighted by molar-refractivity contribution is -0.175. The Morgan fingerprint density at radius 2 is 2.16 bits per heavy atom. The van der Waals surface area contributed by atoms with Crippen molar-refractivity contribution in [1.29, 1.82) is 0 Å². The fourth-order valence-corrected chi connectivity index (χ4v) is 3.75. The van der Waals surface area contributed by atoms with Gasteiger partial charge in [-0.1, -0.05) is 6.08 Å². The number of ether oxygens (including phenoxy) is 1. The van der Waals surface area contributed by atoms with Crippen LogP contribution in [-0.4, -0.2) is 34.4 Å². The molecule has 3 aromatic rings. The molecular formula is C22H21F3N4O2. The summed E-state index contributed by atoms with van der Waals surface area (Å²) in [5.41, 5.74) is 3.32. The smallest absolute Gasteiger partial charge is 0.392 e. The van der Waals surface area contributed by atoms with Gasteiger partial charge in [-0.05, 0) is 49.1 Å². The first-order chi connectivity index (χ1) is 14.8. The number of nitrogens with zero attached hydrogens (tertiary/aromatic N) is 2. The number of aromatic nitrogens is 3. The molecule has 0 radical (unpaired) electrons. The van der Waals surface area contributed by atoms with E-state index in [-0.39, 0.29) is 18.7 Å². The van der Waals surface area contributed by atoms with E-state index >= 15 is 0 Å². The van der Waals surface area contributed by atoms with Crippen LogP contribution in [0.4, 0.5) is 13.2 Å². The molecule has 0 saturated carbocycles. The number of halogens is 3. The third kappa shape index (κ3) is 4.55. The number of fused-ring (bicyclic) bond motifs is 1. The fourth-order valence-electron chi connectivity index (χ4n) is 3.75. The minimum atomic E-state index is -4.19. The molecule has 0 bridgehead atoms. The standard InChI is InChI=1S/C22H21F3N4O2/c1-31-18-9-14-8-15(21(30)27-12-17-6-7-28-29-17)11-26-20(14)19(10-18)13-2-4-16(5-3-13)22(23,24)25/h2,6-11,16H,3-5,12H2,1H3,(H,27,30)(H,28,29). The maximum Gasteiger partial charge on any atom is 0.392 e. The van der Waals surface area contributed by atoms with Crippen LogP contribution in [0.3, 0.4) is 0 Å². The zero-order valence-corrected chi connectivity index (χ0v) is 16.8. The highest BCUT2D eigenvalue weighted by molar-refractivity contribution is 5.99. The lowest BCUT2D eigenvalue weighted by Crippen LogP contribution is -2.24. The van der Waals surface area contributed by atoms with Crippen LogP contribution in [0.1, 0.15) is 40.9 Å². The highest BCUT2D eigenvalue weighted by Crippen LogP contribution is 2.41. The van der Waals surface area contributed by atoms with Gasteiger partial charge in [-0.25, -0.2) is 0 Å². The molecule has 1 amide bonds. The number of hydrogen-bond acceptors (Lipinski definition) is 4. The summed E-state index contributed by atoms with van der Waals surface area (Å²) in [5.74, 6) is -1.05. The minimum Gasteiger partial charge on any atom is -0.497 e. The van der Waals surface area contributed by atoms with Gasteiger partial charge in [-0.2, -0.15) is 18.3 Å². The van der Waals surface area contributed by atoms with Gasteiger partial charge in [-0.3, -0.25) is 14.9 Å². The van der Waals surface area contributed by atoms with Crippen molar-refractivity contribution in [2.24, 2.45) is 5.92 Å². The average Bonchev–Trinajstić information content (AvgIpc) is 3.29. The molecule has 6 nitrogen and oxygen atoms in total. The Morgan fingerprint density at radius 1 is 1.32 bits per heavy atom. The summed E-state index contributed by atoms with van der Waals surface area (Å²) in [7, 11) is 1.52. The van der Waals surface area contributed by atoms with Crippen LogP contribution in [0.15, 0.2) is 42.7 Å². The number of allylic oxidation sites excluding steroid dienone is 2. The Labute approximate surface area is 176 Å². The van der Waals surface area contributed by atoms with Gasteiger partial charge in [0.2, 0.25) is 0 Å². The van der Waals surface area contributed by atoms with E-state index in [0.29, 0.717) is 35.2 Å². The van der Waals surface area contributed by atoms with Gasteiger partial charge < -0.3 is 10.1 Å². The van der Waals surface area contributed by atoms with Gasteiger partial charge >= 0.3 is 6.18 Å². The molecule has 162 valence electrons. The summed E-state index contributed by atoms with van der Waals surface area (Å²) in [6, 6.07) is 7.02. The SMILES string of the molecule is COc1cc(C2=CCC(C(F)(F)F)CC2)c2ncc(C(=O)NCc3ccn[nH]3)cc2c1. The lowest BCUT2D eigenvalue weighted by atomic mass is 9.85. The number of rotatable bonds is 5. The largest absolute Gasteiger partial charge is 0.497 e. The lowest BCUT2D eigenvalue weighted by Gasteiger charge is -2.24. The van der Waals surface area contributed by atoms with E-state index in [0.717, 1.165) is 16.8 Å². The van der Waals surface area contributed by atoms with Crippen LogP contribution in [0.25, 0.3) is 16.5 Å². The van der Waals surface area contributed by atoms with Crippen molar-refractivity contribution in [3.05, 3.63) is 59.6 Å². The second kappa shape index (κ2) is 8.41. The maximum atomic E-state index is 13.0. The first-order valence-corrected chi connectivity index (χ1v) is 9.85. The fraction of sp³-hybridized carbons (Fsp3) is 0.318. The van der Waals surface area contributed by atoms with E-state index in [1.165, 1.54) is 13.3 Å². The van der Waals surface area contributed by atoms with Crippen molar-refractivity contribution in [1.82, 2.24) is 20.5 Å². The molecule has 31 heavy (non-hydrogen) atoms. The molecule has 1 aromatic carbocycles. The molecule has 4 rings (SSSR count). The number of carbonyl (C=O) groups excluding carboxylic acids is 1. The predicted octanol–water partition coefficient (Wildman–Crippen LogP) is 4.64. The molecule has 0 fully saturated rings.